The topological polar surface area (TPSA) is 66.9 Å². The van der Waals surface area contributed by atoms with E-state index < -0.39 is 0 Å². The molecule has 3 fully saturated rings. The summed E-state index contributed by atoms with van der Waals surface area (Å²) in [6, 6.07) is 12.5. The highest BCUT2D eigenvalue weighted by Crippen LogP contribution is 2.54. The van der Waals surface area contributed by atoms with Gasteiger partial charge >= 0.3 is 0 Å². The quantitative estimate of drug-likeness (QED) is 0.641. The number of benzene rings is 1. The van der Waals surface area contributed by atoms with Crippen LogP contribution in [-0.2, 0) is 0 Å². The fourth-order valence-corrected chi connectivity index (χ4v) is 5.18. The second-order valence-corrected chi connectivity index (χ2v) is 7.92. The Bertz CT molecular complexity index is 1030. The Balaban J connectivity index is 1.30. The lowest BCUT2D eigenvalue weighted by Gasteiger charge is -2.28. The highest BCUT2D eigenvalue weighted by molar-refractivity contribution is 6.30. The molecule has 3 aliphatic rings. The number of amides is 1. The normalized spacial score (nSPS) is 27.2. The van der Waals surface area contributed by atoms with Gasteiger partial charge in [0.05, 0.1) is 52.8 Å². The molecule has 4 unspecified atom stereocenters. The van der Waals surface area contributed by atoms with Gasteiger partial charge in [-0.15, -0.1) is 0 Å². The number of hydrogen-bond acceptors (Lipinski definition) is 5. The summed E-state index contributed by atoms with van der Waals surface area (Å²) in [6.45, 7) is 0. The number of anilines is 1. The van der Waals surface area contributed by atoms with E-state index in [1.54, 1.807) is 18.6 Å². The molecule has 28 heavy (non-hydrogen) atoms. The van der Waals surface area contributed by atoms with Crippen molar-refractivity contribution < 1.29 is 4.79 Å². The third kappa shape index (κ3) is 2.16. The first kappa shape index (κ1) is 16.1. The number of para-hydroxylation sites is 1. The lowest BCUT2D eigenvalue weighted by Crippen LogP contribution is -2.43. The van der Waals surface area contributed by atoms with Crippen LogP contribution in [0.4, 0.5) is 5.82 Å². The molecule has 1 amide bonds. The summed E-state index contributed by atoms with van der Waals surface area (Å²) in [5.74, 6) is 1.01. The number of aromatic nitrogens is 4. The van der Waals surface area contributed by atoms with E-state index >= 15 is 0 Å². The van der Waals surface area contributed by atoms with E-state index in [1.165, 1.54) is 4.80 Å². The summed E-state index contributed by atoms with van der Waals surface area (Å²) in [5, 5.41) is 9.04. The lowest BCUT2D eigenvalue weighted by atomic mass is 10.0. The Hall–Kier alpha value is -2.93. The second kappa shape index (κ2) is 5.78. The maximum Gasteiger partial charge on any atom is 0.256 e. The van der Waals surface area contributed by atoms with Gasteiger partial charge in [0.2, 0.25) is 0 Å². The van der Waals surface area contributed by atoms with E-state index in [0.29, 0.717) is 28.4 Å². The third-order valence-electron chi connectivity index (χ3n) is 6.14. The molecular formula is C20H17ClN6O. The fraction of sp³-hybridized carbons (Fsp3) is 0.300. The van der Waals surface area contributed by atoms with E-state index in [0.717, 1.165) is 18.7 Å². The molecule has 140 valence electrons. The molecule has 0 N–H and O–H groups in total. The summed E-state index contributed by atoms with van der Waals surface area (Å²) in [6.07, 6.45) is 6.98. The number of carbonyl (C=O) groups excluding carboxylic acids is 1. The maximum atomic E-state index is 13.5. The molecule has 0 aliphatic carbocycles. The molecule has 3 aliphatic heterocycles. The van der Waals surface area contributed by atoms with Crippen LogP contribution in [0.5, 0.6) is 0 Å². The van der Waals surface area contributed by atoms with Gasteiger partial charge in [0.25, 0.3) is 5.91 Å². The van der Waals surface area contributed by atoms with Crippen LogP contribution in [0.1, 0.15) is 23.2 Å². The molecule has 3 saturated heterocycles. The summed E-state index contributed by atoms with van der Waals surface area (Å²) in [4.78, 5) is 23.9. The van der Waals surface area contributed by atoms with E-state index in [1.807, 2.05) is 36.4 Å². The molecule has 0 radical (unpaired) electrons. The van der Waals surface area contributed by atoms with Crippen LogP contribution >= 0.6 is 11.6 Å². The van der Waals surface area contributed by atoms with Crippen LogP contribution in [0.25, 0.3) is 5.69 Å². The Morgan fingerprint density at radius 3 is 2.39 bits per heavy atom. The van der Waals surface area contributed by atoms with Crippen LogP contribution in [0.3, 0.4) is 0 Å². The molecule has 2 bridgehead atoms. The fourth-order valence-electron chi connectivity index (χ4n) is 5.07. The molecule has 7 nitrogen and oxygen atoms in total. The first-order valence-electron chi connectivity index (χ1n) is 9.42. The minimum absolute atomic E-state index is 0.0663. The molecule has 1 aromatic carbocycles. The summed E-state index contributed by atoms with van der Waals surface area (Å²) in [5.41, 5.74) is 1.36. The number of hydrogen-bond donors (Lipinski definition) is 0. The first-order chi connectivity index (χ1) is 13.7. The van der Waals surface area contributed by atoms with Crippen molar-refractivity contribution in [2.24, 2.45) is 0 Å². The molecular weight excluding hydrogens is 376 g/mol. The minimum atomic E-state index is 0.0663. The molecule has 8 heteroatoms. The van der Waals surface area contributed by atoms with Crippen LogP contribution in [0.15, 0.2) is 55.0 Å². The molecule has 6 rings (SSSR count). The molecule has 5 heterocycles. The number of rotatable bonds is 3. The van der Waals surface area contributed by atoms with Crippen molar-refractivity contribution in [2.75, 3.05) is 4.90 Å². The lowest BCUT2D eigenvalue weighted by molar-refractivity contribution is 0.0711. The second-order valence-electron chi connectivity index (χ2n) is 7.48. The van der Waals surface area contributed by atoms with Gasteiger partial charge in [0, 0.05) is 6.20 Å². The van der Waals surface area contributed by atoms with Gasteiger partial charge in [-0.1, -0.05) is 23.7 Å². The third-order valence-corrected chi connectivity index (χ3v) is 6.37. The van der Waals surface area contributed by atoms with Gasteiger partial charge in [-0.3, -0.25) is 4.79 Å². The van der Waals surface area contributed by atoms with Gasteiger partial charge in [0.1, 0.15) is 5.82 Å². The Kier molecular flexibility index (Phi) is 3.32. The number of halogens is 1. The monoisotopic (exact) mass is 392 g/mol. The Morgan fingerprint density at radius 2 is 1.71 bits per heavy atom. The zero-order valence-corrected chi connectivity index (χ0v) is 15.6. The Morgan fingerprint density at radius 1 is 1.00 bits per heavy atom. The van der Waals surface area contributed by atoms with Gasteiger partial charge in [-0.2, -0.15) is 15.0 Å². The van der Waals surface area contributed by atoms with Crippen molar-refractivity contribution >= 4 is 23.3 Å². The standard InChI is InChI=1S/C20H17ClN6O/c21-12-5-8-17(22-11-12)26-18-15-6-7-16(19(18)26)25(15)20(28)13-3-1-2-4-14(13)27-23-9-10-24-27/h1-5,8-11,15-16,18-19H,6-7H2. The van der Waals surface area contributed by atoms with Crippen molar-refractivity contribution in [2.45, 2.75) is 37.0 Å². The molecule has 0 saturated carbocycles. The summed E-state index contributed by atoms with van der Waals surface area (Å²) < 4.78 is 0. The predicted octanol–water partition coefficient (Wildman–Crippen LogP) is 2.56. The highest BCUT2D eigenvalue weighted by atomic mass is 35.5. The number of carbonyl (C=O) groups is 1. The van der Waals surface area contributed by atoms with Crippen molar-refractivity contribution in [3.05, 3.63) is 65.6 Å². The van der Waals surface area contributed by atoms with E-state index in [2.05, 4.69) is 25.0 Å². The van der Waals surface area contributed by atoms with Crippen molar-refractivity contribution in [1.82, 2.24) is 24.9 Å². The van der Waals surface area contributed by atoms with Crippen molar-refractivity contribution in [3.63, 3.8) is 0 Å². The zero-order chi connectivity index (χ0) is 18.8. The van der Waals surface area contributed by atoms with E-state index in [4.69, 9.17) is 11.6 Å². The largest absolute Gasteiger partial charge is 0.342 e. The summed E-state index contributed by atoms with van der Waals surface area (Å²) in [7, 11) is 0. The predicted molar refractivity (Wildman–Crippen MR) is 104 cm³/mol. The van der Waals surface area contributed by atoms with Crippen LogP contribution in [-0.4, -0.2) is 55.0 Å². The van der Waals surface area contributed by atoms with E-state index in [-0.39, 0.29) is 18.0 Å². The maximum absolute atomic E-state index is 13.5. The number of fused-ring (bicyclic) bond motifs is 5. The average Bonchev–Trinajstić information content (AvgIpc) is 3.09. The van der Waals surface area contributed by atoms with Gasteiger partial charge in [-0.05, 0) is 37.1 Å². The molecule has 2 aromatic heterocycles. The minimum Gasteiger partial charge on any atom is -0.342 e. The molecule has 3 aromatic rings. The smallest absolute Gasteiger partial charge is 0.256 e. The highest BCUT2D eigenvalue weighted by Gasteiger charge is 2.69. The van der Waals surface area contributed by atoms with Crippen LogP contribution < -0.4 is 4.90 Å². The van der Waals surface area contributed by atoms with E-state index in [9.17, 15) is 4.79 Å². The van der Waals surface area contributed by atoms with Crippen molar-refractivity contribution in [3.8, 4) is 5.69 Å². The average molecular weight is 393 g/mol. The SMILES string of the molecule is O=C(c1ccccc1-n1nccn1)N1C2CCC1C1C2N1c1ccc(Cl)cn1. The number of piperazine rings is 1. The number of nitrogens with zero attached hydrogens (tertiary/aromatic N) is 6. The van der Waals surface area contributed by atoms with Crippen LogP contribution in [0, 0.1) is 0 Å². The molecule has 0 spiro atoms. The van der Waals surface area contributed by atoms with Crippen molar-refractivity contribution in [1.29, 1.82) is 0 Å². The number of pyridine rings is 1. The van der Waals surface area contributed by atoms with Gasteiger partial charge < -0.3 is 9.80 Å². The molecule has 4 atom stereocenters. The summed E-state index contributed by atoms with van der Waals surface area (Å²) >= 11 is 5.97. The van der Waals surface area contributed by atoms with Crippen LogP contribution in [0.2, 0.25) is 5.02 Å². The zero-order valence-electron chi connectivity index (χ0n) is 14.9. The van der Waals surface area contributed by atoms with Gasteiger partial charge in [0.15, 0.2) is 0 Å². The Labute approximate surface area is 166 Å². The van der Waals surface area contributed by atoms with Gasteiger partial charge in [-0.25, -0.2) is 4.98 Å². The first-order valence-corrected chi connectivity index (χ1v) is 9.80.